The van der Waals surface area contributed by atoms with Crippen molar-refractivity contribution in [1.82, 2.24) is 25.6 Å². The van der Waals surface area contributed by atoms with Crippen LogP contribution in [0.2, 0.25) is 5.02 Å². The summed E-state index contributed by atoms with van der Waals surface area (Å²) in [6.45, 7) is 2.61. The zero-order chi connectivity index (χ0) is 16.8. The number of hydrogen-bond acceptors (Lipinski definition) is 7. The third-order valence-electron chi connectivity index (χ3n) is 3.32. The first-order valence-corrected chi connectivity index (χ1v) is 7.77. The van der Waals surface area contributed by atoms with Gasteiger partial charge in [0.25, 0.3) is 11.9 Å². The van der Waals surface area contributed by atoms with Crippen LogP contribution in [0.15, 0.2) is 29.4 Å². The molecule has 0 atom stereocenters. The van der Waals surface area contributed by atoms with E-state index in [2.05, 4.69) is 25.9 Å². The third kappa shape index (κ3) is 4.27. The molecule has 3 rings (SSSR count). The minimum Gasteiger partial charge on any atom is -0.378 e. The van der Waals surface area contributed by atoms with Gasteiger partial charge in [0.2, 0.25) is 0 Å². The number of carbonyl (C=O) groups excluding carboxylic acids is 1. The van der Waals surface area contributed by atoms with Crippen LogP contribution in [0, 0.1) is 0 Å². The Hall–Kier alpha value is -2.52. The fraction of sp³-hybridized carbons (Fsp3) is 0.357. The van der Waals surface area contributed by atoms with Crippen molar-refractivity contribution in [1.29, 1.82) is 0 Å². The monoisotopic (exact) mass is 349 g/mol. The molecule has 1 N–H and O–H groups in total. The van der Waals surface area contributed by atoms with Gasteiger partial charge in [0, 0.05) is 23.7 Å². The number of amides is 1. The van der Waals surface area contributed by atoms with Crippen LogP contribution in [0.4, 0.5) is 5.95 Å². The molecule has 0 saturated carbocycles. The first-order valence-electron chi connectivity index (χ1n) is 7.39. The maximum absolute atomic E-state index is 11.9. The van der Waals surface area contributed by atoms with Gasteiger partial charge in [-0.1, -0.05) is 34.9 Å². The molecule has 1 aliphatic rings. The lowest BCUT2D eigenvalue weighted by Crippen LogP contribution is -2.37. The van der Waals surface area contributed by atoms with Gasteiger partial charge in [0.05, 0.1) is 19.4 Å². The highest BCUT2D eigenvalue weighted by Crippen LogP contribution is 2.12. The number of rotatable bonds is 5. The number of halogens is 1. The van der Waals surface area contributed by atoms with Gasteiger partial charge in [-0.05, 0) is 11.3 Å². The van der Waals surface area contributed by atoms with Crippen LogP contribution < -0.4 is 10.3 Å². The van der Waals surface area contributed by atoms with Crippen molar-refractivity contribution in [2.24, 2.45) is 5.10 Å². The molecule has 1 fully saturated rings. The summed E-state index contributed by atoms with van der Waals surface area (Å²) in [5.74, 6) is 0.134. The minimum absolute atomic E-state index is 0.0722. The summed E-state index contributed by atoms with van der Waals surface area (Å²) in [5.41, 5.74) is 3.12. The van der Waals surface area contributed by atoms with Gasteiger partial charge in [-0.2, -0.15) is 9.90 Å². The molecule has 0 bridgehead atoms. The molecule has 1 aliphatic heterocycles. The van der Waals surface area contributed by atoms with Crippen molar-refractivity contribution in [3.8, 4) is 0 Å². The molecular weight excluding hydrogens is 334 g/mol. The second-order valence-corrected chi connectivity index (χ2v) is 5.44. The Bertz CT molecular complexity index is 727. The molecule has 1 aromatic carbocycles. The maximum Gasteiger partial charge on any atom is 0.266 e. The summed E-state index contributed by atoms with van der Waals surface area (Å²) < 4.78 is 5.27. The van der Waals surface area contributed by atoms with Crippen LogP contribution in [-0.4, -0.2) is 58.6 Å². The largest absolute Gasteiger partial charge is 0.378 e. The Balaban J connectivity index is 1.52. The lowest BCUT2D eigenvalue weighted by atomic mass is 10.2. The Morgan fingerprint density at radius 3 is 2.96 bits per heavy atom. The lowest BCUT2D eigenvalue weighted by molar-refractivity contribution is -0.122. The molecule has 0 spiro atoms. The second kappa shape index (κ2) is 7.84. The quantitative estimate of drug-likeness (QED) is 0.616. The van der Waals surface area contributed by atoms with E-state index in [0.29, 0.717) is 42.8 Å². The summed E-state index contributed by atoms with van der Waals surface area (Å²) in [7, 11) is 0. The molecule has 2 heterocycles. The number of tetrazole rings is 1. The molecule has 10 heteroatoms. The zero-order valence-electron chi connectivity index (χ0n) is 12.8. The van der Waals surface area contributed by atoms with Crippen molar-refractivity contribution in [3.05, 3.63) is 34.9 Å². The van der Waals surface area contributed by atoms with Gasteiger partial charge in [-0.15, -0.1) is 5.10 Å². The SMILES string of the molecule is O=C(Cn1nnc(N2CCOCC2)n1)N/N=C/c1ccccc1Cl. The van der Waals surface area contributed by atoms with Crippen LogP contribution in [0.1, 0.15) is 5.56 Å². The summed E-state index contributed by atoms with van der Waals surface area (Å²) in [6.07, 6.45) is 1.48. The van der Waals surface area contributed by atoms with Crippen molar-refractivity contribution < 1.29 is 9.53 Å². The molecule has 0 radical (unpaired) electrons. The van der Waals surface area contributed by atoms with E-state index in [4.69, 9.17) is 16.3 Å². The van der Waals surface area contributed by atoms with Crippen molar-refractivity contribution >= 4 is 29.7 Å². The van der Waals surface area contributed by atoms with E-state index in [9.17, 15) is 4.79 Å². The number of nitrogens with one attached hydrogen (secondary N) is 1. The highest BCUT2D eigenvalue weighted by atomic mass is 35.5. The van der Waals surface area contributed by atoms with Gasteiger partial charge >= 0.3 is 0 Å². The summed E-state index contributed by atoms with van der Waals surface area (Å²) in [6, 6.07) is 7.20. The van der Waals surface area contributed by atoms with Crippen LogP contribution in [0.5, 0.6) is 0 Å². The predicted molar refractivity (Wildman–Crippen MR) is 88.0 cm³/mol. The fourth-order valence-electron chi connectivity index (χ4n) is 2.11. The second-order valence-electron chi connectivity index (χ2n) is 5.03. The van der Waals surface area contributed by atoms with E-state index in [0.717, 1.165) is 0 Å². The number of anilines is 1. The van der Waals surface area contributed by atoms with E-state index in [1.165, 1.54) is 11.0 Å². The molecule has 0 unspecified atom stereocenters. The van der Waals surface area contributed by atoms with E-state index in [1.807, 2.05) is 17.0 Å². The van der Waals surface area contributed by atoms with Crippen molar-refractivity contribution in [3.63, 3.8) is 0 Å². The van der Waals surface area contributed by atoms with Gasteiger partial charge in [-0.3, -0.25) is 4.79 Å². The number of aromatic nitrogens is 4. The number of carbonyl (C=O) groups is 1. The molecule has 1 aromatic heterocycles. The van der Waals surface area contributed by atoms with Gasteiger partial charge in [0.15, 0.2) is 0 Å². The van der Waals surface area contributed by atoms with Crippen molar-refractivity contribution in [2.45, 2.75) is 6.54 Å². The third-order valence-corrected chi connectivity index (χ3v) is 3.66. The van der Waals surface area contributed by atoms with E-state index in [-0.39, 0.29) is 12.5 Å². The van der Waals surface area contributed by atoms with Crippen LogP contribution in [0.25, 0.3) is 0 Å². The maximum atomic E-state index is 11.9. The fourth-order valence-corrected chi connectivity index (χ4v) is 2.29. The molecule has 0 aliphatic carbocycles. The van der Waals surface area contributed by atoms with E-state index in [1.54, 1.807) is 12.1 Å². The number of hydrazone groups is 1. The van der Waals surface area contributed by atoms with Gasteiger partial charge < -0.3 is 9.64 Å². The summed E-state index contributed by atoms with van der Waals surface area (Å²) >= 11 is 6.00. The molecule has 126 valence electrons. The minimum atomic E-state index is -0.357. The number of ether oxygens (including phenoxy) is 1. The van der Waals surface area contributed by atoms with E-state index < -0.39 is 0 Å². The molecular formula is C14H16ClN7O2. The van der Waals surface area contributed by atoms with Crippen LogP contribution in [0.3, 0.4) is 0 Å². The summed E-state index contributed by atoms with van der Waals surface area (Å²) in [4.78, 5) is 15.0. The lowest BCUT2D eigenvalue weighted by Gasteiger charge is -2.24. The average molecular weight is 350 g/mol. The molecule has 2 aromatic rings. The predicted octanol–water partition coefficient (Wildman–Crippen LogP) is 0.313. The van der Waals surface area contributed by atoms with Crippen molar-refractivity contribution in [2.75, 3.05) is 31.2 Å². The standard InChI is InChI=1S/C14H16ClN7O2/c15-12-4-2-1-3-11(12)9-16-17-13(23)10-22-19-14(18-20-22)21-5-7-24-8-6-21/h1-4,9H,5-8,10H2,(H,17,23)/b16-9+. The smallest absolute Gasteiger partial charge is 0.266 e. The zero-order valence-corrected chi connectivity index (χ0v) is 13.6. The van der Waals surface area contributed by atoms with Gasteiger partial charge in [-0.25, -0.2) is 5.43 Å². The Morgan fingerprint density at radius 1 is 1.38 bits per heavy atom. The average Bonchev–Trinajstić information content (AvgIpc) is 3.06. The number of benzene rings is 1. The first-order chi connectivity index (χ1) is 11.7. The first kappa shape index (κ1) is 16.3. The number of hydrogen-bond donors (Lipinski definition) is 1. The normalized spacial score (nSPS) is 15.0. The van der Waals surface area contributed by atoms with Crippen LogP contribution in [-0.2, 0) is 16.1 Å². The number of morpholine rings is 1. The molecule has 24 heavy (non-hydrogen) atoms. The summed E-state index contributed by atoms with van der Waals surface area (Å²) in [5, 5.41) is 16.4. The molecule has 1 amide bonds. The highest BCUT2D eigenvalue weighted by molar-refractivity contribution is 6.33. The molecule has 1 saturated heterocycles. The number of nitrogens with zero attached hydrogens (tertiary/aromatic N) is 6. The van der Waals surface area contributed by atoms with Crippen LogP contribution >= 0.6 is 11.6 Å². The highest BCUT2D eigenvalue weighted by Gasteiger charge is 2.16. The van der Waals surface area contributed by atoms with Gasteiger partial charge in [0.1, 0.15) is 6.54 Å². The Kier molecular flexibility index (Phi) is 5.34. The van der Waals surface area contributed by atoms with E-state index >= 15 is 0 Å². The topological polar surface area (TPSA) is 97.5 Å². The molecule has 9 nitrogen and oxygen atoms in total. The Labute approximate surface area is 143 Å². The Morgan fingerprint density at radius 2 is 2.17 bits per heavy atom.